The molecule has 15 heteroatoms. The summed E-state index contributed by atoms with van der Waals surface area (Å²) in [4.78, 5) is 10.5. The smallest absolute Gasteiger partial charge is 0.419 e. The molecular weight excluding hydrogens is 495 g/mol. The van der Waals surface area contributed by atoms with Crippen molar-refractivity contribution in [3.63, 3.8) is 0 Å². The molecule has 2 saturated heterocycles. The summed E-state index contributed by atoms with van der Waals surface area (Å²) < 4.78 is 106. The number of nitro groups is 1. The molecule has 4 rings (SSSR count). The summed E-state index contributed by atoms with van der Waals surface area (Å²) in [6.45, 7) is 1.23. The molecule has 0 saturated carbocycles. The second-order valence-electron chi connectivity index (χ2n) is 7.53. The highest BCUT2D eigenvalue weighted by atomic mass is 31.2. The van der Waals surface area contributed by atoms with E-state index in [0.717, 1.165) is 24.3 Å². The number of ether oxygens (including phenoxy) is 1. The molecule has 0 spiro atoms. The molecule has 2 aliphatic heterocycles. The summed E-state index contributed by atoms with van der Waals surface area (Å²) in [5, 5.41) is 11.4. The highest BCUT2D eigenvalue weighted by Crippen LogP contribution is 2.64. The van der Waals surface area contributed by atoms with Crippen LogP contribution >= 0.6 is 7.67 Å². The molecule has 2 heterocycles. The molecule has 1 atom stereocenters. The predicted molar refractivity (Wildman–Crippen MR) is 105 cm³/mol. The van der Waals surface area contributed by atoms with Gasteiger partial charge < -0.3 is 4.74 Å². The van der Waals surface area contributed by atoms with Crippen LogP contribution in [0.15, 0.2) is 42.5 Å². The van der Waals surface area contributed by atoms with Crippen molar-refractivity contribution in [3.05, 3.63) is 63.7 Å². The van der Waals surface area contributed by atoms with E-state index >= 15 is 0 Å². The normalized spacial score (nSPS) is 17.9. The fourth-order valence-electron chi connectivity index (χ4n) is 3.12. The van der Waals surface area contributed by atoms with E-state index in [2.05, 4.69) is 0 Å². The van der Waals surface area contributed by atoms with Crippen molar-refractivity contribution >= 4 is 13.4 Å². The summed E-state index contributed by atoms with van der Waals surface area (Å²) >= 11 is 0. The molecule has 2 aliphatic rings. The summed E-state index contributed by atoms with van der Waals surface area (Å²) in [6, 6.07) is 5.37. The first-order chi connectivity index (χ1) is 15.8. The Morgan fingerprint density at radius 1 is 0.941 bits per heavy atom. The van der Waals surface area contributed by atoms with Crippen LogP contribution in [0.1, 0.15) is 17.2 Å². The quantitative estimate of drug-likeness (QED) is 0.146. The maximum atomic E-state index is 13.9. The Morgan fingerprint density at radius 2 is 1.50 bits per heavy atom. The Balaban J connectivity index is 1.68. The third kappa shape index (κ3) is 5.19. The molecule has 2 aromatic rings. The SMILES string of the molecule is O=[N+]([O-])c1ccc(C(OP(=O)(N2CC2)N2CC2)C(F)(F)F)cc1Oc1ccc(C(F)(F)F)cc1. The molecular formula is C19H16F6N3O5P. The fourth-order valence-corrected chi connectivity index (χ4v) is 5.45. The molecule has 0 bridgehead atoms. The number of alkyl halides is 6. The lowest BCUT2D eigenvalue weighted by atomic mass is 10.1. The molecule has 0 amide bonds. The molecule has 8 nitrogen and oxygen atoms in total. The van der Waals surface area contributed by atoms with Crippen LogP contribution in [0, 0.1) is 10.1 Å². The highest BCUT2D eigenvalue weighted by Gasteiger charge is 2.55. The molecule has 0 aliphatic carbocycles. The zero-order valence-electron chi connectivity index (χ0n) is 17.0. The van der Waals surface area contributed by atoms with Gasteiger partial charge in [-0.1, -0.05) is 0 Å². The van der Waals surface area contributed by atoms with E-state index < -0.39 is 53.6 Å². The lowest BCUT2D eigenvalue weighted by Crippen LogP contribution is -2.25. The average molecular weight is 511 g/mol. The molecule has 0 N–H and O–H groups in total. The van der Waals surface area contributed by atoms with Crippen LogP contribution in [-0.4, -0.2) is 46.6 Å². The second-order valence-corrected chi connectivity index (χ2v) is 9.86. The maximum absolute atomic E-state index is 13.9. The Labute approximate surface area is 188 Å². The first-order valence-corrected chi connectivity index (χ1v) is 11.3. The zero-order valence-corrected chi connectivity index (χ0v) is 17.9. The molecule has 34 heavy (non-hydrogen) atoms. The van der Waals surface area contributed by atoms with E-state index in [0.29, 0.717) is 44.4 Å². The van der Waals surface area contributed by atoms with Crippen molar-refractivity contribution in [1.29, 1.82) is 0 Å². The number of hydrogen-bond acceptors (Lipinski definition) is 5. The second kappa shape index (κ2) is 8.52. The number of hydrogen-bond donors (Lipinski definition) is 0. The van der Waals surface area contributed by atoms with Gasteiger partial charge in [0.25, 0.3) is 0 Å². The number of halogens is 6. The molecule has 2 aromatic carbocycles. The zero-order chi connectivity index (χ0) is 24.9. The van der Waals surface area contributed by atoms with E-state index in [9.17, 15) is 41.0 Å². The minimum absolute atomic E-state index is 0.267. The standard InChI is InChI=1S/C19H16F6N3O5P/c20-18(21,22)13-2-4-14(5-3-13)32-16-11-12(1-6-15(16)28(29)30)17(19(23,24)25)33-34(31,26-7-8-26)27-9-10-27/h1-6,11,17H,7-10H2. The van der Waals surface area contributed by atoms with Gasteiger partial charge >= 0.3 is 25.7 Å². The van der Waals surface area contributed by atoms with Crippen molar-refractivity contribution in [3.8, 4) is 11.5 Å². The molecule has 0 aromatic heterocycles. The minimum atomic E-state index is -5.02. The van der Waals surface area contributed by atoms with E-state index in [1.807, 2.05) is 0 Å². The third-order valence-electron chi connectivity index (χ3n) is 4.99. The van der Waals surface area contributed by atoms with Crippen molar-refractivity contribution in [2.45, 2.75) is 18.5 Å². The average Bonchev–Trinajstić information content (AvgIpc) is 3.62. The number of benzene rings is 2. The Bertz CT molecular complexity index is 1120. The maximum Gasteiger partial charge on any atom is 0.419 e. The Hall–Kier alpha value is -2.67. The first kappa shape index (κ1) is 24.5. The van der Waals surface area contributed by atoms with Gasteiger partial charge in [-0.05, 0) is 42.0 Å². The van der Waals surface area contributed by atoms with E-state index in [4.69, 9.17) is 9.26 Å². The summed E-state index contributed by atoms with van der Waals surface area (Å²) in [7, 11) is -3.93. The van der Waals surface area contributed by atoms with Crippen molar-refractivity contribution in [1.82, 2.24) is 9.34 Å². The van der Waals surface area contributed by atoms with Crippen LogP contribution < -0.4 is 4.74 Å². The molecule has 0 radical (unpaired) electrons. The van der Waals surface area contributed by atoms with Gasteiger partial charge in [0.2, 0.25) is 5.75 Å². The van der Waals surface area contributed by atoms with Crippen LogP contribution in [-0.2, 0) is 15.3 Å². The minimum Gasteiger partial charge on any atom is -0.450 e. The predicted octanol–water partition coefficient (Wildman–Crippen LogP) is 5.77. The molecule has 2 fully saturated rings. The Morgan fingerprint density at radius 3 is 1.94 bits per heavy atom. The molecule has 1 unspecified atom stereocenters. The summed E-state index contributed by atoms with van der Waals surface area (Å²) in [5.74, 6) is -0.912. The van der Waals surface area contributed by atoms with Gasteiger partial charge in [0.1, 0.15) is 5.75 Å². The van der Waals surface area contributed by atoms with Crippen LogP contribution in [0.5, 0.6) is 11.5 Å². The number of rotatable bonds is 8. The van der Waals surface area contributed by atoms with Crippen LogP contribution in [0.2, 0.25) is 0 Å². The topological polar surface area (TPSA) is 84.7 Å². The van der Waals surface area contributed by atoms with Gasteiger partial charge in [0.15, 0.2) is 6.10 Å². The van der Waals surface area contributed by atoms with E-state index in [-0.39, 0.29) is 5.75 Å². The van der Waals surface area contributed by atoms with Gasteiger partial charge in [0, 0.05) is 32.2 Å². The highest BCUT2D eigenvalue weighted by molar-refractivity contribution is 7.54. The fraction of sp³-hybridized carbons (Fsp3) is 0.368. The summed E-state index contributed by atoms with van der Waals surface area (Å²) in [5.41, 5.74) is -2.33. The van der Waals surface area contributed by atoms with E-state index in [1.165, 1.54) is 9.34 Å². The van der Waals surface area contributed by atoms with Gasteiger partial charge in [-0.2, -0.15) is 26.3 Å². The van der Waals surface area contributed by atoms with Crippen molar-refractivity contribution in [2.75, 3.05) is 26.2 Å². The van der Waals surface area contributed by atoms with E-state index in [1.54, 1.807) is 0 Å². The van der Waals surface area contributed by atoms with Crippen LogP contribution in [0.3, 0.4) is 0 Å². The Kier molecular flexibility index (Phi) is 6.13. The third-order valence-corrected chi connectivity index (χ3v) is 7.71. The largest absolute Gasteiger partial charge is 0.450 e. The molecule has 184 valence electrons. The number of nitro benzene ring substituents is 1. The lowest BCUT2D eigenvalue weighted by Gasteiger charge is -2.28. The lowest BCUT2D eigenvalue weighted by molar-refractivity contribution is -0.385. The summed E-state index contributed by atoms with van der Waals surface area (Å²) in [6.07, 6.45) is -12.3. The van der Waals surface area contributed by atoms with Crippen LogP contribution in [0.4, 0.5) is 32.0 Å². The van der Waals surface area contributed by atoms with Gasteiger partial charge in [-0.3, -0.25) is 19.2 Å². The first-order valence-electron chi connectivity index (χ1n) is 9.78. The van der Waals surface area contributed by atoms with Gasteiger partial charge in [-0.25, -0.2) is 9.34 Å². The van der Waals surface area contributed by atoms with Crippen molar-refractivity contribution in [2.24, 2.45) is 0 Å². The van der Waals surface area contributed by atoms with Crippen LogP contribution in [0.25, 0.3) is 0 Å². The number of nitrogens with zero attached hydrogens (tertiary/aromatic N) is 3. The van der Waals surface area contributed by atoms with Crippen molar-refractivity contribution < 1.29 is 45.1 Å². The van der Waals surface area contributed by atoms with Gasteiger partial charge in [0.05, 0.1) is 10.5 Å². The monoisotopic (exact) mass is 511 g/mol. The van der Waals surface area contributed by atoms with Gasteiger partial charge in [-0.15, -0.1) is 0 Å².